The summed E-state index contributed by atoms with van der Waals surface area (Å²) in [6.07, 6.45) is 5.57. The Morgan fingerprint density at radius 3 is 2.66 bits per heavy atom. The highest BCUT2D eigenvalue weighted by Gasteiger charge is 2.31. The number of pyridine rings is 1. The van der Waals surface area contributed by atoms with Crippen LogP contribution >= 0.6 is 27.7 Å². The molecule has 1 fully saturated rings. The molecule has 4 aromatic rings. The molecule has 1 atom stereocenters. The lowest BCUT2D eigenvalue weighted by Crippen LogP contribution is -2.20. The summed E-state index contributed by atoms with van der Waals surface area (Å²) < 4.78 is 26.2. The number of hydrogen-bond donors (Lipinski definition) is 2. The van der Waals surface area contributed by atoms with Crippen molar-refractivity contribution in [3.05, 3.63) is 69.7 Å². The number of nitrogens with one attached hydrogen (secondary N) is 2. The van der Waals surface area contributed by atoms with Crippen molar-refractivity contribution in [3.8, 4) is 6.07 Å². The first kappa shape index (κ1) is 25.1. The van der Waals surface area contributed by atoms with Crippen molar-refractivity contribution in [1.82, 2.24) is 20.0 Å². The molecule has 10 heteroatoms. The molecule has 2 heterocycles. The van der Waals surface area contributed by atoms with Gasteiger partial charge in [-0.15, -0.1) is 16.9 Å². The zero-order valence-electron chi connectivity index (χ0n) is 22.6. The van der Waals surface area contributed by atoms with Gasteiger partial charge in [-0.2, -0.15) is 5.26 Å². The van der Waals surface area contributed by atoms with Crippen LogP contribution in [0.4, 0.5) is 15.8 Å². The van der Waals surface area contributed by atoms with Crippen LogP contribution in [0.5, 0.6) is 0 Å². The zero-order chi connectivity index (χ0) is 27.9. The molecule has 1 unspecified atom stereocenters. The smallest absolute Gasteiger partial charge is 0.123 e. The van der Waals surface area contributed by atoms with Gasteiger partial charge in [0.15, 0.2) is 0 Å². The van der Waals surface area contributed by atoms with Gasteiger partial charge in [0.2, 0.25) is 0 Å². The fourth-order valence-electron chi connectivity index (χ4n) is 4.18. The van der Waals surface area contributed by atoms with Crippen molar-refractivity contribution in [3.63, 3.8) is 0 Å². The molecule has 0 bridgehead atoms. The summed E-state index contributed by atoms with van der Waals surface area (Å²) in [5, 5.41) is 27.0. The number of aromatic nitrogens is 4. The van der Waals surface area contributed by atoms with E-state index in [2.05, 4.69) is 68.7 Å². The highest BCUT2D eigenvalue weighted by atomic mass is 79.9. The third-order valence-corrected chi connectivity index (χ3v) is 7.59. The quantitative estimate of drug-likeness (QED) is 0.206. The molecule has 1 aliphatic rings. The number of rotatable bonds is 8. The predicted octanol–water partition coefficient (Wildman–Crippen LogP) is 7.32. The minimum Gasteiger partial charge on any atom is -0.383 e. The Balaban J connectivity index is 1.66. The van der Waals surface area contributed by atoms with Crippen molar-refractivity contribution in [1.29, 1.82) is 5.26 Å². The van der Waals surface area contributed by atoms with Gasteiger partial charge in [-0.1, -0.05) is 38.1 Å². The molecule has 0 spiro atoms. The number of fused-ring (bicyclic) bond motifs is 1. The van der Waals surface area contributed by atoms with Gasteiger partial charge in [-0.05, 0) is 70.3 Å². The summed E-state index contributed by atoms with van der Waals surface area (Å²) >= 11 is 5.14. The fraction of sp³-hybridized carbons (Fsp3) is 0.357. The maximum absolute atomic E-state index is 13.9. The van der Waals surface area contributed by atoms with Crippen LogP contribution in [0, 0.1) is 22.6 Å². The lowest BCUT2D eigenvalue weighted by Gasteiger charge is -2.23. The van der Waals surface area contributed by atoms with Crippen LogP contribution < -0.4 is 10.6 Å². The van der Waals surface area contributed by atoms with Crippen molar-refractivity contribution >= 4 is 50.0 Å². The average Bonchev–Trinajstić information content (AvgIpc) is 3.64. The molecule has 1 aliphatic carbocycles. The van der Waals surface area contributed by atoms with E-state index in [0.29, 0.717) is 44.7 Å². The van der Waals surface area contributed by atoms with Crippen LogP contribution in [0.1, 0.15) is 63.9 Å². The predicted molar refractivity (Wildman–Crippen MR) is 154 cm³/mol. The maximum atomic E-state index is 13.9. The molecular weight excluding hydrogens is 565 g/mol. The minimum absolute atomic E-state index is 0.0179. The summed E-state index contributed by atoms with van der Waals surface area (Å²) in [5.74, 6) is -0.383. The lowest BCUT2D eigenvalue weighted by atomic mass is 9.96. The molecule has 7 nitrogen and oxygen atoms in total. The van der Waals surface area contributed by atoms with Crippen LogP contribution in [0.25, 0.3) is 10.9 Å². The molecular formula is C28H29BrFN7S. The molecule has 2 N–H and O–H groups in total. The van der Waals surface area contributed by atoms with Gasteiger partial charge >= 0.3 is 0 Å². The Kier molecular flexibility index (Phi) is 6.97. The summed E-state index contributed by atoms with van der Waals surface area (Å²) in [7, 11) is 0. The molecule has 2 aromatic heterocycles. The van der Waals surface area contributed by atoms with E-state index >= 15 is 0 Å². The second kappa shape index (κ2) is 10.5. The summed E-state index contributed by atoms with van der Waals surface area (Å²) in [6, 6.07) is 10.6. The van der Waals surface area contributed by atoms with Crippen LogP contribution in [0.2, 0.25) is 0 Å². The third kappa shape index (κ3) is 5.49. The van der Waals surface area contributed by atoms with Crippen molar-refractivity contribution < 1.29 is 5.76 Å². The van der Waals surface area contributed by atoms with Gasteiger partial charge in [0.25, 0.3) is 0 Å². The standard InChI is InChI=1S/C28H29BrFN7S/c1-28(2,3)15-33-23-17(13-31)14-32-25-21(23)11-19(12-22(25)29)34-24(16-5-7-18(30)8-6-16)26-27(38-4)37(36-35-26)20-9-10-20/h5-8,11-12,14,20,24,34H,9-10,15H2,1-4H3,(H,32,33)/i24D. The highest BCUT2D eigenvalue weighted by molar-refractivity contribution is 9.10. The van der Waals surface area contributed by atoms with Gasteiger partial charge in [0.1, 0.15) is 22.6 Å². The van der Waals surface area contributed by atoms with Gasteiger partial charge < -0.3 is 10.6 Å². The second-order valence-corrected chi connectivity index (χ2v) is 12.2. The molecule has 1 saturated carbocycles. The normalized spacial score (nSPS) is 15.6. The average molecular weight is 596 g/mol. The van der Waals surface area contributed by atoms with Crippen LogP contribution in [0.3, 0.4) is 0 Å². The molecule has 0 aliphatic heterocycles. The van der Waals surface area contributed by atoms with Gasteiger partial charge in [0.05, 0.1) is 30.2 Å². The molecule has 0 amide bonds. The van der Waals surface area contributed by atoms with Gasteiger partial charge in [-0.25, -0.2) is 9.07 Å². The van der Waals surface area contributed by atoms with Crippen LogP contribution in [-0.4, -0.2) is 32.8 Å². The summed E-state index contributed by atoms with van der Waals surface area (Å²) in [5.41, 5.74) is 3.37. The zero-order valence-corrected chi connectivity index (χ0v) is 24.0. The molecule has 5 rings (SSSR count). The van der Waals surface area contributed by atoms with E-state index in [0.717, 1.165) is 23.3 Å². The van der Waals surface area contributed by atoms with E-state index in [1.165, 1.54) is 23.9 Å². The summed E-state index contributed by atoms with van der Waals surface area (Å²) in [6.45, 7) is 7.00. The van der Waals surface area contributed by atoms with Gasteiger partial charge in [0, 0.05) is 28.3 Å². The molecule has 38 heavy (non-hydrogen) atoms. The third-order valence-electron chi connectivity index (χ3n) is 6.22. The van der Waals surface area contributed by atoms with Crippen molar-refractivity contribution in [2.75, 3.05) is 23.4 Å². The maximum Gasteiger partial charge on any atom is 0.123 e. The number of benzene rings is 2. The number of thioether (sulfide) groups is 1. The van der Waals surface area contributed by atoms with Crippen molar-refractivity contribution in [2.45, 2.75) is 50.7 Å². The topological polar surface area (TPSA) is 91.4 Å². The molecule has 2 aromatic carbocycles. The number of nitriles is 1. The first-order valence-electron chi connectivity index (χ1n) is 12.8. The second-order valence-electron chi connectivity index (χ2n) is 10.6. The monoisotopic (exact) mass is 594 g/mol. The van der Waals surface area contributed by atoms with E-state index in [1.54, 1.807) is 18.3 Å². The number of halogens is 2. The Bertz CT molecular complexity index is 1570. The number of nitrogens with zero attached hydrogens (tertiary/aromatic N) is 5. The number of anilines is 2. The molecule has 0 saturated heterocycles. The summed E-state index contributed by atoms with van der Waals surface area (Å²) in [4.78, 5) is 4.52. The van der Waals surface area contributed by atoms with E-state index in [-0.39, 0.29) is 17.3 Å². The number of hydrogen-bond acceptors (Lipinski definition) is 7. The van der Waals surface area contributed by atoms with E-state index in [9.17, 15) is 11.0 Å². The van der Waals surface area contributed by atoms with E-state index < -0.39 is 6.02 Å². The van der Waals surface area contributed by atoms with E-state index in [4.69, 9.17) is 0 Å². The Morgan fingerprint density at radius 2 is 2.03 bits per heavy atom. The van der Waals surface area contributed by atoms with Crippen LogP contribution in [-0.2, 0) is 0 Å². The fourth-order valence-corrected chi connectivity index (χ4v) is 5.45. The highest BCUT2D eigenvalue weighted by Crippen LogP contribution is 2.41. The van der Waals surface area contributed by atoms with Crippen LogP contribution in [0.15, 0.2) is 52.1 Å². The Morgan fingerprint density at radius 1 is 1.29 bits per heavy atom. The SMILES string of the molecule is [2H]C(Nc1cc(Br)c2ncc(C#N)c(NCC(C)(C)C)c2c1)(c1ccc(F)cc1)c1nnn(C2CC2)c1SC. The Hall–Kier alpha value is -3.16. The Labute approximate surface area is 235 Å². The van der Waals surface area contributed by atoms with Crippen molar-refractivity contribution in [2.24, 2.45) is 5.41 Å². The van der Waals surface area contributed by atoms with Gasteiger partial charge in [-0.3, -0.25) is 4.98 Å². The first-order chi connectivity index (χ1) is 18.5. The molecule has 196 valence electrons. The minimum atomic E-state index is -1.58. The molecule has 0 radical (unpaired) electrons. The lowest BCUT2D eigenvalue weighted by molar-refractivity contribution is 0.443. The van der Waals surface area contributed by atoms with E-state index in [1.807, 2.05) is 23.1 Å². The largest absolute Gasteiger partial charge is 0.383 e. The first-order valence-corrected chi connectivity index (χ1v) is 14.4.